The minimum atomic E-state index is 0.424. The molecule has 2 aromatic rings. The summed E-state index contributed by atoms with van der Waals surface area (Å²) in [6.45, 7) is 0. The number of hydrogen-bond acceptors (Lipinski definition) is 6. The molecule has 106 valence electrons. The standard InChI is InChI=1S/C15H16N6/c16-9-11-4-3-7-13(8-11)19-15-20-14(10-17-21-15)18-12-5-1-2-6-12/h3-4,7-8,10,12H,1-2,5-6H2,(H2,18,19,20,21). The first-order valence-corrected chi connectivity index (χ1v) is 7.07. The third-order valence-electron chi connectivity index (χ3n) is 3.51. The number of hydrogen-bond donors (Lipinski definition) is 2. The summed E-state index contributed by atoms with van der Waals surface area (Å²) in [6, 6.07) is 9.77. The molecule has 2 N–H and O–H groups in total. The van der Waals surface area contributed by atoms with Crippen molar-refractivity contribution in [2.24, 2.45) is 0 Å². The molecular formula is C15H16N6. The van der Waals surface area contributed by atoms with Crippen LogP contribution in [0, 0.1) is 11.3 Å². The van der Waals surface area contributed by atoms with Gasteiger partial charge in [0.1, 0.15) is 0 Å². The topological polar surface area (TPSA) is 86.5 Å². The molecule has 1 aliphatic carbocycles. The Morgan fingerprint density at radius 2 is 2.10 bits per heavy atom. The zero-order chi connectivity index (χ0) is 14.5. The van der Waals surface area contributed by atoms with Gasteiger partial charge in [0.05, 0.1) is 17.8 Å². The van der Waals surface area contributed by atoms with Crippen molar-refractivity contribution in [1.29, 1.82) is 5.26 Å². The molecule has 0 bridgehead atoms. The van der Waals surface area contributed by atoms with E-state index in [0.717, 1.165) is 11.5 Å². The highest BCUT2D eigenvalue weighted by Crippen LogP contribution is 2.21. The second-order valence-electron chi connectivity index (χ2n) is 5.11. The van der Waals surface area contributed by atoms with Crippen LogP contribution in [0.5, 0.6) is 0 Å². The predicted molar refractivity (Wildman–Crippen MR) is 80.1 cm³/mol. The molecule has 0 radical (unpaired) electrons. The molecule has 0 amide bonds. The van der Waals surface area contributed by atoms with Gasteiger partial charge >= 0.3 is 0 Å². The third-order valence-corrected chi connectivity index (χ3v) is 3.51. The van der Waals surface area contributed by atoms with E-state index in [4.69, 9.17) is 5.26 Å². The number of aromatic nitrogens is 3. The first-order valence-electron chi connectivity index (χ1n) is 7.07. The first-order chi connectivity index (χ1) is 10.3. The summed E-state index contributed by atoms with van der Waals surface area (Å²) in [5.74, 6) is 1.16. The number of rotatable bonds is 4. The molecule has 1 fully saturated rings. The predicted octanol–water partition coefficient (Wildman–Crippen LogP) is 2.84. The van der Waals surface area contributed by atoms with E-state index in [1.54, 1.807) is 18.3 Å². The molecule has 21 heavy (non-hydrogen) atoms. The van der Waals surface area contributed by atoms with Gasteiger partial charge in [0.2, 0.25) is 5.95 Å². The molecule has 0 unspecified atom stereocenters. The van der Waals surface area contributed by atoms with Gasteiger partial charge in [0.15, 0.2) is 5.82 Å². The van der Waals surface area contributed by atoms with E-state index in [0.29, 0.717) is 17.6 Å². The molecule has 1 aromatic carbocycles. The van der Waals surface area contributed by atoms with Gasteiger partial charge in [-0.25, -0.2) is 0 Å². The summed E-state index contributed by atoms with van der Waals surface area (Å²) in [6.07, 6.45) is 6.52. The quantitative estimate of drug-likeness (QED) is 0.895. The maximum absolute atomic E-state index is 8.90. The van der Waals surface area contributed by atoms with Crippen LogP contribution in [-0.4, -0.2) is 21.2 Å². The van der Waals surface area contributed by atoms with Crippen LogP contribution in [0.3, 0.4) is 0 Å². The lowest BCUT2D eigenvalue weighted by Gasteiger charge is -2.12. The van der Waals surface area contributed by atoms with E-state index in [9.17, 15) is 0 Å². The van der Waals surface area contributed by atoms with Crippen LogP contribution < -0.4 is 10.6 Å². The van der Waals surface area contributed by atoms with Gasteiger partial charge in [-0.1, -0.05) is 18.9 Å². The Morgan fingerprint density at radius 1 is 1.24 bits per heavy atom. The first kappa shape index (κ1) is 13.3. The molecule has 1 aliphatic rings. The van der Waals surface area contributed by atoms with E-state index >= 15 is 0 Å². The van der Waals surface area contributed by atoms with Crippen LogP contribution in [0.4, 0.5) is 17.5 Å². The molecule has 1 saturated carbocycles. The fourth-order valence-corrected chi connectivity index (χ4v) is 2.50. The highest BCUT2D eigenvalue weighted by molar-refractivity contribution is 5.56. The van der Waals surface area contributed by atoms with Crippen molar-refractivity contribution in [2.45, 2.75) is 31.7 Å². The molecule has 1 heterocycles. The number of nitrogens with zero attached hydrogens (tertiary/aromatic N) is 4. The van der Waals surface area contributed by atoms with Crippen LogP contribution in [0.25, 0.3) is 0 Å². The number of nitrogens with one attached hydrogen (secondary N) is 2. The Labute approximate surface area is 123 Å². The lowest BCUT2D eigenvalue weighted by molar-refractivity contribution is 0.747. The average molecular weight is 280 g/mol. The van der Waals surface area contributed by atoms with E-state index in [1.807, 2.05) is 12.1 Å². The summed E-state index contributed by atoms with van der Waals surface area (Å²) >= 11 is 0. The Bertz CT molecular complexity index is 657. The zero-order valence-corrected chi connectivity index (χ0v) is 11.6. The largest absolute Gasteiger partial charge is 0.366 e. The normalized spacial score (nSPS) is 14.6. The molecule has 0 atom stereocenters. The number of nitriles is 1. The summed E-state index contributed by atoms with van der Waals surface area (Å²) in [5, 5.41) is 23.3. The molecule has 6 nitrogen and oxygen atoms in total. The van der Waals surface area contributed by atoms with Gasteiger partial charge in [-0.2, -0.15) is 15.3 Å². The Kier molecular flexibility index (Phi) is 3.92. The highest BCUT2D eigenvalue weighted by atomic mass is 15.3. The molecule has 1 aromatic heterocycles. The lowest BCUT2D eigenvalue weighted by Crippen LogP contribution is -2.16. The Hall–Kier alpha value is -2.68. The average Bonchev–Trinajstić information content (AvgIpc) is 3.01. The second kappa shape index (κ2) is 6.18. The monoisotopic (exact) mass is 280 g/mol. The van der Waals surface area contributed by atoms with Crippen LogP contribution in [0.2, 0.25) is 0 Å². The SMILES string of the molecule is N#Cc1cccc(Nc2nncc(NC3CCCC3)n2)c1. The van der Waals surface area contributed by atoms with Crippen LogP contribution in [-0.2, 0) is 0 Å². The smallest absolute Gasteiger partial charge is 0.249 e. The van der Waals surface area contributed by atoms with Gasteiger partial charge < -0.3 is 10.6 Å². The summed E-state index contributed by atoms with van der Waals surface area (Å²) in [5.41, 5.74) is 1.36. The third kappa shape index (κ3) is 3.45. The van der Waals surface area contributed by atoms with E-state index in [-0.39, 0.29) is 0 Å². The van der Waals surface area contributed by atoms with Crippen molar-refractivity contribution < 1.29 is 0 Å². The minimum Gasteiger partial charge on any atom is -0.366 e. The zero-order valence-electron chi connectivity index (χ0n) is 11.6. The maximum Gasteiger partial charge on any atom is 0.249 e. The Morgan fingerprint density at radius 3 is 2.90 bits per heavy atom. The van der Waals surface area contributed by atoms with E-state index < -0.39 is 0 Å². The van der Waals surface area contributed by atoms with E-state index in [2.05, 4.69) is 31.9 Å². The highest BCUT2D eigenvalue weighted by Gasteiger charge is 2.15. The van der Waals surface area contributed by atoms with Crippen LogP contribution in [0.1, 0.15) is 31.2 Å². The number of benzene rings is 1. The molecule has 0 spiro atoms. The summed E-state index contributed by atoms with van der Waals surface area (Å²) < 4.78 is 0. The van der Waals surface area contributed by atoms with Crippen LogP contribution in [0.15, 0.2) is 30.5 Å². The van der Waals surface area contributed by atoms with Gasteiger partial charge in [0.25, 0.3) is 0 Å². The van der Waals surface area contributed by atoms with Crippen molar-refractivity contribution in [1.82, 2.24) is 15.2 Å². The number of anilines is 3. The lowest BCUT2D eigenvalue weighted by atomic mass is 10.2. The minimum absolute atomic E-state index is 0.424. The molecule has 3 rings (SSSR count). The van der Waals surface area contributed by atoms with Gasteiger partial charge in [-0.15, -0.1) is 5.10 Å². The van der Waals surface area contributed by atoms with Crippen molar-refractivity contribution >= 4 is 17.5 Å². The fraction of sp³-hybridized carbons (Fsp3) is 0.333. The summed E-state index contributed by atoms with van der Waals surface area (Å²) in [7, 11) is 0. The van der Waals surface area contributed by atoms with Gasteiger partial charge in [0, 0.05) is 11.7 Å². The Balaban J connectivity index is 1.71. The summed E-state index contributed by atoms with van der Waals surface area (Å²) in [4.78, 5) is 4.41. The maximum atomic E-state index is 8.90. The van der Waals surface area contributed by atoms with Crippen molar-refractivity contribution in [3.8, 4) is 6.07 Å². The van der Waals surface area contributed by atoms with Crippen molar-refractivity contribution in [3.05, 3.63) is 36.0 Å². The molecule has 6 heteroatoms. The van der Waals surface area contributed by atoms with E-state index in [1.165, 1.54) is 25.7 Å². The van der Waals surface area contributed by atoms with Gasteiger partial charge in [-0.05, 0) is 31.0 Å². The van der Waals surface area contributed by atoms with Gasteiger partial charge in [-0.3, -0.25) is 0 Å². The second-order valence-corrected chi connectivity index (χ2v) is 5.11. The van der Waals surface area contributed by atoms with Crippen molar-refractivity contribution in [3.63, 3.8) is 0 Å². The fourth-order valence-electron chi connectivity index (χ4n) is 2.50. The molecule has 0 aliphatic heterocycles. The molecular weight excluding hydrogens is 264 g/mol. The van der Waals surface area contributed by atoms with Crippen LogP contribution >= 0.6 is 0 Å². The molecule has 0 saturated heterocycles. The van der Waals surface area contributed by atoms with Crippen molar-refractivity contribution in [2.75, 3.05) is 10.6 Å².